The first-order valence-corrected chi connectivity index (χ1v) is 6.02. The van der Waals surface area contributed by atoms with Crippen molar-refractivity contribution in [3.8, 4) is 11.5 Å². The van der Waals surface area contributed by atoms with Gasteiger partial charge in [-0.1, -0.05) is 0 Å². The number of aliphatic hydroxyl groups excluding tert-OH is 1. The van der Waals surface area contributed by atoms with Gasteiger partial charge in [-0.15, -0.1) is 0 Å². The number of benzene rings is 1. The van der Waals surface area contributed by atoms with Crippen LogP contribution in [0.3, 0.4) is 0 Å². The van der Waals surface area contributed by atoms with E-state index in [1.165, 1.54) is 0 Å². The molecule has 1 heterocycles. The number of hydrogen-bond acceptors (Lipinski definition) is 4. The Morgan fingerprint density at radius 3 is 2.32 bits per heavy atom. The van der Waals surface area contributed by atoms with Crippen molar-refractivity contribution in [2.24, 2.45) is 7.05 Å². The Kier molecular flexibility index (Phi) is 4.06. The Morgan fingerprint density at radius 2 is 1.84 bits per heavy atom. The van der Waals surface area contributed by atoms with Crippen LogP contribution in [0.1, 0.15) is 17.4 Å². The van der Waals surface area contributed by atoms with E-state index in [4.69, 9.17) is 9.47 Å². The van der Waals surface area contributed by atoms with Gasteiger partial charge in [0.15, 0.2) is 0 Å². The van der Waals surface area contributed by atoms with E-state index in [2.05, 4.69) is 5.10 Å². The average Bonchev–Trinajstić information content (AvgIpc) is 2.83. The summed E-state index contributed by atoms with van der Waals surface area (Å²) < 4.78 is 12.1. The summed E-state index contributed by atoms with van der Waals surface area (Å²) in [5.74, 6) is 1.32. The van der Waals surface area contributed by atoms with Crippen LogP contribution < -0.4 is 9.47 Å². The van der Waals surface area contributed by atoms with Crippen molar-refractivity contribution in [3.05, 3.63) is 41.7 Å². The van der Waals surface area contributed by atoms with E-state index in [9.17, 15) is 5.11 Å². The van der Waals surface area contributed by atoms with E-state index in [-0.39, 0.29) is 0 Å². The van der Waals surface area contributed by atoms with Gasteiger partial charge in [0.1, 0.15) is 11.5 Å². The summed E-state index contributed by atoms with van der Waals surface area (Å²) >= 11 is 0. The molecule has 5 heteroatoms. The topological polar surface area (TPSA) is 56.5 Å². The maximum absolute atomic E-state index is 10.3. The highest BCUT2D eigenvalue weighted by molar-refractivity contribution is 5.39. The molecule has 1 aromatic carbocycles. The molecular formula is C14H18N2O3. The molecule has 1 atom stereocenters. The predicted octanol–water partition coefficient (Wildman–Crippen LogP) is 1.71. The van der Waals surface area contributed by atoms with Gasteiger partial charge in [-0.3, -0.25) is 4.68 Å². The zero-order valence-electron chi connectivity index (χ0n) is 11.3. The van der Waals surface area contributed by atoms with Crippen LogP contribution in [0.5, 0.6) is 11.5 Å². The molecule has 0 spiro atoms. The lowest BCUT2D eigenvalue weighted by Crippen LogP contribution is -2.04. The molecule has 102 valence electrons. The Bertz CT molecular complexity index is 529. The molecule has 19 heavy (non-hydrogen) atoms. The van der Waals surface area contributed by atoms with E-state index in [0.717, 1.165) is 11.3 Å². The fourth-order valence-electron chi connectivity index (χ4n) is 1.91. The van der Waals surface area contributed by atoms with Crippen LogP contribution in [0.25, 0.3) is 0 Å². The third-order valence-electron chi connectivity index (χ3n) is 2.93. The first kappa shape index (κ1) is 13.4. The molecular weight excluding hydrogens is 244 g/mol. The van der Waals surface area contributed by atoms with Crippen molar-refractivity contribution in [1.29, 1.82) is 0 Å². The third-order valence-corrected chi connectivity index (χ3v) is 2.93. The Labute approximate surface area is 112 Å². The maximum atomic E-state index is 10.3. The first-order valence-electron chi connectivity index (χ1n) is 6.02. The number of hydrogen-bond donors (Lipinski definition) is 1. The molecule has 0 saturated heterocycles. The van der Waals surface area contributed by atoms with Crippen molar-refractivity contribution >= 4 is 0 Å². The number of aliphatic hydroxyl groups is 1. The van der Waals surface area contributed by atoms with Gasteiger partial charge in [-0.05, 0) is 23.8 Å². The molecule has 0 fully saturated rings. The van der Waals surface area contributed by atoms with Crippen LogP contribution in [-0.4, -0.2) is 29.1 Å². The largest absolute Gasteiger partial charge is 0.497 e. The molecule has 1 N–H and O–H groups in total. The summed E-state index contributed by atoms with van der Waals surface area (Å²) in [5, 5.41) is 14.5. The second-order valence-electron chi connectivity index (χ2n) is 4.35. The lowest BCUT2D eigenvalue weighted by atomic mass is 10.0. The highest BCUT2D eigenvalue weighted by atomic mass is 16.5. The lowest BCUT2D eigenvalue weighted by Gasteiger charge is -2.13. The van der Waals surface area contributed by atoms with Gasteiger partial charge in [-0.2, -0.15) is 5.10 Å². The van der Waals surface area contributed by atoms with Gasteiger partial charge in [-0.25, -0.2) is 0 Å². The van der Waals surface area contributed by atoms with E-state index >= 15 is 0 Å². The standard InChI is InChI=1S/C14H18N2O3/c1-16-5-4-11(15-16)8-14(17)10-6-12(18-2)9-13(7-10)19-3/h4-7,9,14,17H,8H2,1-3H3. The smallest absolute Gasteiger partial charge is 0.122 e. The van der Waals surface area contributed by atoms with Crippen LogP contribution in [0.2, 0.25) is 0 Å². The van der Waals surface area contributed by atoms with E-state index in [1.54, 1.807) is 37.1 Å². The van der Waals surface area contributed by atoms with Crippen LogP contribution in [0, 0.1) is 0 Å². The summed E-state index contributed by atoms with van der Waals surface area (Å²) in [6.07, 6.45) is 1.67. The summed E-state index contributed by atoms with van der Waals surface area (Å²) in [7, 11) is 5.03. The van der Waals surface area contributed by atoms with Crippen molar-refractivity contribution < 1.29 is 14.6 Å². The SMILES string of the molecule is COc1cc(OC)cc(C(O)Cc2ccn(C)n2)c1. The highest BCUT2D eigenvalue weighted by Crippen LogP contribution is 2.27. The van der Waals surface area contributed by atoms with E-state index in [1.807, 2.05) is 19.3 Å². The summed E-state index contributed by atoms with van der Waals surface area (Å²) in [6.45, 7) is 0. The van der Waals surface area contributed by atoms with E-state index < -0.39 is 6.10 Å². The molecule has 0 saturated carbocycles. The van der Waals surface area contributed by atoms with Crippen molar-refractivity contribution in [2.75, 3.05) is 14.2 Å². The maximum Gasteiger partial charge on any atom is 0.122 e. The molecule has 0 aliphatic carbocycles. The summed E-state index contributed by atoms with van der Waals surface area (Å²) in [5.41, 5.74) is 1.60. The molecule has 5 nitrogen and oxygen atoms in total. The zero-order valence-corrected chi connectivity index (χ0v) is 11.3. The molecule has 0 aliphatic rings. The van der Waals surface area contributed by atoms with Gasteiger partial charge < -0.3 is 14.6 Å². The van der Waals surface area contributed by atoms with Crippen LogP contribution >= 0.6 is 0 Å². The number of ether oxygens (including phenoxy) is 2. The predicted molar refractivity (Wildman–Crippen MR) is 71.4 cm³/mol. The Balaban J connectivity index is 2.20. The monoisotopic (exact) mass is 262 g/mol. The van der Waals surface area contributed by atoms with Gasteiger partial charge in [0.05, 0.1) is 26.0 Å². The summed E-state index contributed by atoms with van der Waals surface area (Å²) in [6, 6.07) is 7.27. The van der Waals surface area contributed by atoms with Crippen LogP contribution in [0.4, 0.5) is 0 Å². The molecule has 0 bridgehead atoms. The van der Waals surface area contributed by atoms with Gasteiger partial charge in [0, 0.05) is 25.7 Å². The minimum absolute atomic E-state index is 0.456. The third kappa shape index (κ3) is 3.26. The van der Waals surface area contributed by atoms with Gasteiger partial charge >= 0.3 is 0 Å². The Hall–Kier alpha value is -2.01. The number of aromatic nitrogens is 2. The molecule has 2 aromatic rings. The average molecular weight is 262 g/mol. The van der Waals surface area contributed by atoms with E-state index in [0.29, 0.717) is 17.9 Å². The first-order chi connectivity index (χ1) is 9.12. The quantitative estimate of drug-likeness (QED) is 0.891. The second kappa shape index (κ2) is 5.75. The Morgan fingerprint density at radius 1 is 1.21 bits per heavy atom. The molecule has 0 radical (unpaired) electrons. The number of methoxy groups -OCH3 is 2. The summed E-state index contributed by atoms with van der Waals surface area (Å²) in [4.78, 5) is 0. The zero-order chi connectivity index (χ0) is 13.8. The molecule has 0 aliphatic heterocycles. The minimum atomic E-state index is -0.640. The van der Waals surface area contributed by atoms with Crippen LogP contribution in [0.15, 0.2) is 30.5 Å². The molecule has 1 aromatic heterocycles. The molecule has 0 amide bonds. The number of nitrogens with zero attached hydrogens (tertiary/aromatic N) is 2. The fraction of sp³-hybridized carbons (Fsp3) is 0.357. The van der Waals surface area contributed by atoms with Crippen molar-refractivity contribution in [3.63, 3.8) is 0 Å². The molecule has 1 unspecified atom stereocenters. The minimum Gasteiger partial charge on any atom is -0.497 e. The highest BCUT2D eigenvalue weighted by Gasteiger charge is 2.13. The van der Waals surface area contributed by atoms with Gasteiger partial charge in [0.25, 0.3) is 0 Å². The van der Waals surface area contributed by atoms with Crippen LogP contribution in [-0.2, 0) is 13.5 Å². The lowest BCUT2D eigenvalue weighted by molar-refractivity contribution is 0.176. The second-order valence-corrected chi connectivity index (χ2v) is 4.35. The van der Waals surface area contributed by atoms with Crippen molar-refractivity contribution in [2.45, 2.75) is 12.5 Å². The fourth-order valence-corrected chi connectivity index (χ4v) is 1.91. The van der Waals surface area contributed by atoms with Crippen molar-refractivity contribution in [1.82, 2.24) is 9.78 Å². The van der Waals surface area contributed by atoms with Gasteiger partial charge in [0.2, 0.25) is 0 Å². The number of aryl methyl sites for hydroxylation is 1. The molecule has 2 rings (SSSR count). The number of rotatable bonds is 5. The normalized spacial score (nSPS) is 12.2.